The molecule has 84 valence electrons. The zero-order valence-corrected chi connectivity index (χ0v) is 9.08. The number of fused-ring (bicyclic) bond motifs is 3. The van der Waals surface area contributed by atoms with Crippen LogP contribution in [0.1, 0.15) is 15.9 Å². The van der Waals surface area contributed by atoms with E-state index in [1.54, 1.807) is 16.5 Å². The van der Waals surface area contributed by atoms with Crippen LogP contribution in [0.5, 0.6) is 0 Å². The van der Waals surface area contributed by atoms with Crippen molar-refractivity contribution in [3.8, 4) is 0 Å². The van der Waals surface area contributed by atoms with E-state index in [2.05, 4.69) is 10.2 Å². The lowest BCUT2D eigenvalue weighted by Crippen LogP contribution is -2.01. The molecule has 0 aliphatic carbocycles. The highest BCUT2D eigenvalue weighted by Gasteiger charge is 2.13. The molecule has 0 saturated heterocycles. The van der Waals surface area contributed by atoms with Gasteiger partial charge in [-0.25, -0.2) is 4.79 Å². The number of para-hydroxylation sites is 1. The van der Waals surface area contributed by atoms with Crippen LogP contribution >= 0.6 is 0 Å². The number of hydrogen-bond donors (Lipinski definition) is 1. The molecule has 0 spiro atoms. The standard InChI is InChI=1S/C12H9N3O2/c1-7-5-10-14-13-6-15(10)11-8(7)3-2-4-9(11)12(16)17/h2-6H,1H3,(H,16,17). The molecular weight excluding hydrogens is 218 g/mol. The summed E-state index contributed by atoms with van der Waals surface area (Å²) in [4.78, 5) is 11.2. The third-order valence-electron chi connectivity index (χ3n) is 2.85. The van der Waals surface area contributed by atoms with Crippen LogP contribution in [0, 0.1) is 6.92 Å². The number of carboxylic acids is 1. The Morgan fingerprint density at radius 3 is 3.00 bits per heavy atom. The van der Waals surface area contributed by atoms with E-state index in [9.17, 15) is 9.90 Å². The Hall–Kier alpha value is -2.43. The van der Waals surface area contributed by atoms with Crippen LogP contribution in [-0.4, -0.2) is 25.7 Å². The monoisotopic (exact) mass is 227 g/mol. The van der Waals surface area contributed by atoms with Gasteiger partial charge in [-0.3, -0.25) is 4.40 Å². The molecule has 1 N–H and O–H groups in total. The number of benzene rings is 1. The van der Waals surface area contributed by atoms with Crippen molar-refractivity contribution in [2.45, 2.75) is 6.92 Å². The third kappa shape index (κ3) is 1.29. The van der Waals surface area contributed by atoms with Crippen LogP contribution in [0.25, 0.3) is 16.6 Å². The molecule has 0 atom stereocenters. The van der Waals surface area contributed by atoms with Crippen molar-refractivity contribution in [3.63, 3.8) is 0 Å². The van der Waals surface area contributed by atoms with Crippen LogP contribution in [-0.2, 0) is 0 Å². The summed E-state index contributed by atoms with van der Waals surface area (Å²) < 4.78 is 1.70. The molecule has 3 aromatic rings. The highest BCUT2D eigenvalue weighted by molar-refractivity contribution is 6.03. The molecule has 0 bridgehead atoms. The molecule has 17 heavy (non-hydrogen) atoms. The van der Waals surface area contributed by atoms with Gasteiger partial charge in [-0.1, -0.05) is 12.1 Å². The maximum atomic E-state index is 11.2. The second-order valence-corrected chi connectivity index (χ2v) is 3.89. The highest BCUT2D eigenvalue weighted by Crippen LogP contribution is 2.23. The SMILES string of the molecule is Cc1cc2nncn2c2c(C(=O)O)cccc12. The average molecular weight is 227 g/mol. The first-order valence-electron chi connectivity index (χ1n) is 5.14. The molecule has 0 aliphatic heterocycles. The van der Waals surface area contributed by atoms with Gasteiger partial charge in [0.15, 0.2) is 5.65 Å². The summed E-state index contributed by atoms with van der Waals surface area (Å²) in [6, 6.07) is 7.12. The maximum Gasteiger partial charge on any atom is 0.337 e. The first kappa shape index (κ1) is 9.77. The first-order chi connectivity index (χ1) is 8.18. The number of aryl methyl sites for hydroxylation is 1. The van der Waals surface area contributed by atoms with Gasteiger partial charge in [0.05, 0.1) is 11.1 Å². The summed E-state index contributed by atoms with van der Waals surface area (Å²) in [6.45, 7) is 1.93. The van der Waals surface area contributed by atoms with Crippen LogP contribution in [0.2, 0.25) is 0 Å². The van der Waals surface area contributed by atoms with E-state index in [-0.39, 0.29) is 5.56 Å². The molecule has 0 unspecified atom stereocenters. The first-order valence-corrected chi connectivity index (χ1v) is 5.14. The van der Waals surface area contributed by atoms with Gasteiger partial charge in [0, 0.05) is 5.39 Å². The van der Waals surface area contributed by atoms with Gasteiger partial charge in [0.1, 0.15) is 6.33 Å². The molecule has 2 aromatic heterocycles. The van der Waals surface area contributed by atoms with Crippen molar-refractivity contribution >= 4 is 22.5 Å². The fourth-order valence-corrected chi connectivity index (χ4v) is 2.08. The minimum Gasteiger partial charge on any atom is -0.478 e. The Balaban J connectivity index is 2.64. The zero-order chi connectivity index (χ0) is 12.0. The summed E-state index contributed by atoms with van der Waals surface area (Å²) >= 11 is 0. The van der Waals surface area contributed by atoms with Gasteiger partial charge < -0.3 is 5.11 Å². The summed E-state index contributed by atoms with van der Waals surface area (Å²) in [7, 11) is 0. The molecule has 0 radical (unpaired) electrons. The number of pyridine rings is 1. The lowest BCUT2D eigenvalue weighted by Gasteiger charge is -2.07. The summed E-state index contributed by atoms with van der Waals surface area (Å²) in [5, 5.41) is 17.9. The van der Waals surface area contributed by atoms with E-state index < -0.39 is 5.97 Å². The van der Waals surface area contributed by atoms with E-state index in [0.717, 1.165) is 10.9 Å². The third-order valence-corrected chi connectivity index (χ3v) is 2.85. The summed E-state index contributed by atoms with van der Waals surface area (Å²) in [6.07, 6.45) is 1.53. The number of carbonyl (C=O) groups is 1. The Morgan fingerprint density at radius 1 is 1.41 bits per heavy atom. The lowest BCUT2D eigenvalue weighted by molar-refractivity contribution is 0.0699. The molecule has 5 heteroatoms. The topological polar surface area (TPSA) is 67.5 Å². The van der Waals surface area contributed by atoms with E-state index >= 15 is 0 Å². The molecule has 1 aromatic carbocycles. The predicted molar refractivity (Wildman–Crippen MR) is 62.2 cm³/mol. The van der Waals surface area contributed by atoms with Gasteiger partial charge >= 0.3 is 5.97 Å². The van der Waals surface area contributed by atoms with Crippen molar-refractivity contribution < 1.29 is 9.90 Å². The Morgan fingerprint density at radius 2 is 2.24 bits per heavy atom. The van der Waals surface area contributed by atoms with Crippen molar-refractivity contribution in [1.82, 2.24) is 14.6 Å². The van der Waals surface area contributed by atoms with E-state index in [1.807, 2.05) is 19.1 Å². The molecule has 2 heterocycles. The minimum atomic E-state index is -0.948. The molecule has 0 amide bonds. The fraction of sp³-hybridized carbons (Fsp3) is 0.0833. The van der Waals surface area contributed by atoms with Crippen LogP contribution in [0.4, 0.5) is 0 Å². The minimum absolute atomic E-state index is 0.260. The van der Waals surface area contributed by atoms with Gasteiger partial charge in [-0.2, -0.15) is 0 Å². The van der Waals surface area contributed by atoms with E-state index in [4.69, 9.17) is 0 Å². The predicted octanol–water partition coefficient (Wildman–Crippen LogP) is 1.89. The molecule has 0 fully saturated rings. The maximum absolute atomic E-state index is 11.2. The largest absolute Gasteiger partial charge is 0.478 e. The lowest BCUT2D eigenvalue weighted by atomic mass is 10.1. The Labute approximate surface area is 96.3 Å². The van der Waals surface area contributed by atoms with Crippen LogP contribution in [0.3, 0.4) is 0 Å². The number of aromatic carboxylic acids is 1. The van der Waals surface area contributed by atoms with Gasteiger partial charge in [0.25, 0.3) is 0 Å². The van der Waals surface area contributed by atoms with Crippen molar-refractivity contribution in [2.24, 2.45) is 0 Å². The number of aromatic nitrogens is 3. The van der Waals surface area contributed by atoms with Crippen molar-refractivity contribution in [3.05, 3.63) is 41.7 Å². The van der Waals surface area contributed by atoms with Gasteiger partial charge in [-0.15, -0.1) is 10.2 Å². The molecule has 3 rings (SSSR count). The summed E-state index contributed by atoms with van der Waals surface area (Å²) in [5.41, 5.74) is 2.54. The van der Waals surface area contributed by atoms with Gasteiger partial charge in [-0.05, 0) is 24.6 Å². The number of nitrogens with zero attached hydrogens (tertiary/aromatic N) is 3. The van der Waals surface area contributed by atoms with Crippen LogP contribution in [0.15, 0.2) is 30.6 Å². The second-order valence-electron chi connectivity index (χ2n) is 3.89. The smallest absolute Gasteiger partial charge is 0.337 e. The number of rotatable bonds is 1. The second kappa shape index (κ2) is 3.28. The quantitative estimate of drug-likeness (QED) is 0.689. The molecule has 0 aliphatic rings. The highest BCUT2D eigenvalue weighted by atomic mass is 16.4. The fourth-order valence-electron chi connectivity index (χ4n) is 2.08. The van der Waals surface area contributed by atoms with Gasteiger partial charge in [0.2, 0.25) is 0 Å². The normalized spacial score (nSPS) is 11.1. The van der Waals surface area contributed by atoms with Crippen LogP contribution < -0.4 is 0 Å². The molecule has 0 saturated carbocycles. The number of hydrogen-bond acceptors (Lipinski definition) is 3. The Kier molecular flexibility index (Phi) is 1.89. The summed E-state index contributed by atoms with van der Waals surface area (Å²) in [5.74, 6) is -0.948. The van der Waals surface area contributed by atoms with Crippen molar-refractivity contribution in [2.75, 3.05) is 0 Å². The molecule has 5 nitrogen and oxygen atoms in total. The average Bonchev–Trinajstić information content (AvgIpc) is 2.76. The Bertz CT molecular complexity index is 746. The van der Waals surface area contributed by atoms with Crippen molar-refractivity contribution in [1.29, 1.82) is 0 Å². The van der Waals surface area contributed by atoms with E-state index in [1.165, 1.54) is 6.33 Å². The van der Waals surface area contributed by atoms with E-state index in [0.29, 0.717) is 11.2 Å². The molecular formula is C12H9N3O2. The number of carboxylic acid groups (broad SMARTS) is 1. The zero-order valence-electron chi connectivity index (χ0n) is 9.08.